The molecule has 0 aliphatic heterocycles. The van der Waals surface area contributed by atoms with Crippen LogP contribution in [-0.4, -0.2) is 22.4 Å². The van der Waals surface area contributed by atoms with Crippen LogP contribution in [0.25, 0.3) is 0 Å². The summed E-state index contributed by atoms with van der Waals surface area (Å²) in [6.07, 6.45) is 2.03. The van der Waals surface area contributed by atoms with Gasteiger partial charge in [-0.2, -0.15) is 0 Å². The van der Waals surface area contributed by atoms with Gasteiger partial charge in [0.05, 0.1) is 0 Å². The lowest BCUT2D eigenvalue weighted by Crippen LogP contribution is -2.16. The maximum Gasteiger partial charge on any atom is 0.274 e. The highest BCUT2D eigenvalue weighted by Gasteiger charge is 2.11. The number of hydrogen-bond acceptors (Lipinski definition) is 4. The number of halogens is 3. The van der Waals surface area contributed by atoms with Crippen LogP contribution in [-0.2, 0) is 6.42 Å². The normalized spacial score (nSPS) is 10.5. The van der Waals surface area contributed by atoms with Crippen molar-refractivity contribution in [3.8, 4) is 0 Å². The first-order valence-corrected chi connectivity index (χ1v) is 8.09. The van der Waals surface area contributed by atoms with Gasteiger partial charge in [0.15, 0.2) is 11.6 Å². The Morgan fingerprint density at radius 3 is 2.48 bits per heavy atom. The number of aromatic nitrogens is 2. The van der Waals surface area contributed by atoms with Crippen LogP contribution in [0, 0.1) is 17.5 Å². The highest BCUT2D eigenvalue weighted by molar-refractivity contribution is 6.02. The minimum atomic E-state index is -1.06. The van der Waals surface area contributed by atoms with Gasteiger partial charge < -0.3 is 10.6 Å². The van der Waals surface area contributed by atoms with E-state index in [0.29, 0.717) is 13.0 Å². The highest BCUT2D eigenvalue weighted by atomic mass is 19.2. The number of amides is 1. The van der Waals surface area contributed by atoms with E-state index in [0.717, 1.165) is 17.7 Å². The molecule has 3 aromatic rings. The van der Waals surface area contributed by atoms with Crippen LogP contribution in [0.1, 0.15) is 16.1 Å². The van der Waals surface area contributed by atoms with Gasteiger partial charge in [0.25, 0.3) is 5.91 Å². The molecule has 27 heavy (non-hydrogen) atoms. The molecule has 8 heteroatoms. The Bertz CT molecular complexity index is 948. The first kappa shape index (κ1) is 18.4. The zero-order chi connectivity index (χ0) is 19.2. The predicted molar refractivity (Wildman–Crippen MR) is 94.9 cm³/mol. The number of anilines is 2. The van der Waals surface area contributed by atoms with Crippen molar-refractivity contribution in [3.63, 3.8) is 0 Å². The number of carbonyl (C=O) groups excluding carboxylic acids is 1. The third-order valence-electron chi connectivity index (χ3n) is 3.68. The molecule has 0 saturated carbocycles. The molecular weight excluding hydrogens is 357 g/mol. The molecule has 2 N–H and O–H groups in total. The van der Waals surface area contributed by atoms with Gasteiger partial charge >= 0.3 is 0 Å². The van der Waals surface area contributed by atoms with Crippen molar-refractivity contribution in [2.45, 2.75) is 6.42 Å². The van der Waals surface area contributed by atoms with E-state index in [9.17, 15) is 18.0 Å². The van der Waals surface area contributed by atoms with Crippen LogP contribution in [0.2, 0.25) is 0 Å². The Morgan fingerprint density at radius 2 is 1.74 bits per heavy atom. The summed E-state index contributed by atoms with van der Waals surface area (Å²) in [6, 6.07) is 10.6. The van der Waals surface area contributed by atoms with Gasteiger partial charge in [-0.05, 0) is 42.3 Å². The molecule has 1 amide bonds. The number of benzene rings is 2. The van der Waals surface area contributed by atoms with Gasteiger partial charge in [-0.25, -0.2) is 23.1 Å². The molecule has 5 nitrogen and oxygen atoms in total. The zero-order valence-electron chi connectivity index (χ0n) is 14.0. The van der Waals surface area contributed by atoms with Gasteiger partial charge in [0, 0.05) is 24.5 Å². The van der Waals surface area contributed by atoms with Crippen molar-refractivity contribution in [1.29, 1.82) is 0 Å². The first-order valence-electron chi connectivity index (χ1n) is 8.09. The zero-order valence-corrected chi connectivity index (χ0v) is 14.0. The highest BCUT2D eigenvalue weighted by Crippen LogP contribution is 2.14. The van der Waals surface area contributed by atoms with Crippen LogP contribution < -0.4 is 10.6 Å². The van der Waals surface area contributed by atoms with Gasteiger partial charge in [-0.1, -0.05) is 12.1 Å². The minimum Gasteiger partial charge on any atom is -0.354 e. The topological polar surface area (TPSA) is 66.9 Å². The maximum absolute atomic E-state index is 13.2. The molecule has 0 aliphatic carbocycles. The van der Waals surface area contributed by atoms with Crippen molar-refractivity contribution in [2.24, 2.45) is 0 Å². The summed E-state index contributed by atoms with van der Waals surface area (Å²) in [5.74, 6) is -2.68. The average Bonchev–Trinajstić information content (AvgIpc) is 2.66. The Labute approximate surface area is 153 Å². The first-order chi connectivity index (χ1) is 13.0. The summed E-state index contributed by atoms with van der Waals surface area (Å²) in [5, 5.41) is 5.42. The van der Waals surface area contributed by atoms with Crippen LogP contribution >= 0.6 is 0 Å². The number of hydrogen-bond donors (Lipinski definition) is 2. The molecule has 138 valence electrons. The summed E-state index contributed by atoms with van der Waals surface area (Å²) in [7, 11) is 0. The Morgan fingerprint density at radius 1 is 0.963 bits per heavy atom. The molecule has 0 saturated heterocycles. The maximum atomic E-state index is 13.2. The number of nitrogens with one attached hydrogen (secondary N) is 2. The molecule has 3 rings (SSSR count). The number of carbonyl (C=O) groups is 1. The van der Waals surface area contributed by atoms with E-state index in [1.807, 2.05) is 0 Å². The molecule has 0 unspecified atom stereocenters. The van der Waals surface area contributed by atoms with E-state index in [1.165, 1.54) is 30.5 Å². The molecule has 1 heterocycles. The van der Waals surface area contributed by atoms with Crippen LogP contribution in [0.4, 0.5) is 24.8 Å². The molecule has 0 bridgehead atoms. The fourth-order valence-electron chi connectivity index (χ4n) is 2.31. The fourth-order valence-corrected chi connectivity index (χ4v) is 2.31. The molecule has 1 aromatic heterocycles. The Kier molecular flexibility index (Phi) is 5.65. The van der Waals surface area contributed by atoms with Crippen molar-refractivity contribution in [3.05, 3.63) is 83.4 Å². The second-order valence-corrected chi connectivity index (χ2v) is 5.65. The monoisotopic (exact) mass is 372 g/mol. The molecule has 0 radical (unpaired) electrons. The third-order valence-corrected chi connectivity index (χ3v) is 3.68. The summed E-state index contributed by atoms with van der Waals surface area (Å²) < 4.78 is 39.0. The quantitative estimate of drug-likeness (QED) is 0.691. The SMILES string of the molecule is O=C(Nc1ccc(F)c(F)c1)c1ccnc(NCCc2ccc(F)cc2)n1. The standard InChI is InChI=1S/C19H15F3N4O/c20-13-3-1-12(2-4-13)7-9-23-19-24-10-8-17(26-19)18(27)25-14-5-6-15(21)16(22)11-14/h1-6,8,10-11H,7,9H2,(H,25,27)(H,23,24,26). The van der Waals surface area contributed by atoms with Crippen molar-refractivity contribution >= 4 is 17.5 Å². The molecular formula is C19H15F3N4O. The van der Waals surface area contributed by atoms with E-state index in [4.69, 9.17) is 0 Å². The lowest BCUT2D eigenvalue weighted by atomic mass is 10.1. The van der Waals surface area contributed by atoms with Crippen LogP contribution in [0.5, 0.6) is 0 Å². The molecule has 2 aromatic carbocycles. The Balaban J connectivity index is 1.59. The summed E-state index contributed by atoms with van der Waals surface area (Å²) in [4.78, 5) is 20.3. The summed E-state index contributed by atoms with van der Waals surface area (Å²) >= 11 is 0. The molecule has 0 aliphatic rings. The fraction of sp³-hybridized carbons (Fsp3) is 0.105. The van der Waals surface area contributed by atoms with E-state index >= 15 is 0 Å². The van der Waals surface area contributed by atoms with E-state index in [1.54, 1.807) is 12.1 Å². The van der Waals surface area contributed by atoms with E-state index in [-0.39, 0.29) is 23.1 Å². The van der Waals surface area contributed by atoms with E-state index in [2.05, 4.69) is 20.6 Å². The van der Waals surface area contributed by atoms with Crippen molar-refractivity contribution in [2.75, 3.05) is 17.2 Å². The Hall–Kier alpha value is -3.42. The predicted octanol–water partition coefficient (Wildman–Crippen LogP) is 3.80. The number of nitrogens with zero attached hydrogens (tertiary/aromatic N) is 2. The second kappa shape index (κ2) is 8.31. The molecule has 0 spiro atoms. The molecule has 0 atom stereocenters. The van der Waals surface area contributed by atoms with Crippen molar-refractivity contribution < 1.29 is 18.0 Å². The minimum absolute atomic E-state index is 0.0685. The van der Waals surface area contributed by atoms with Gasteiger partial charge in [-0.3, -0.25) is 4.79 Å². The van der Waals surface area contributed by atoms with Crippen LogP contribution in [0.3, 0.4) is 0 Å². The lowest BCUT2D eigenvalue weighted by Gasteiger charge is -2.08. The lowest BCUT2D eigenvalue weighted by molar-refractivity contribution is 0.102. The summed E-state index contributed by atoms with van der Waals surface area (Å²) in [5.41, 5.74) is 1.12. The third kappa shape index (κ3) is 5.04. The van der Waals surface area contributed by atoms with Gasteiger partial charge in [-0.15, -0.1) is 0 Å². The second-order valence-electron chi connectivity index (χ2n) is 5.65. The number of rotatable bonds is 6. The average molecular weight is 372 g/mol. The van der Waals surface area contributed by atoms with Crippen LogP contribution in [0.15, 0.2) is 54.7 Å². The van der Waals surface area contributed by atoms with Crippen molar-refractivity contribution in [1.82, 2.24) is 9.97 Å². The molecule has 0 fully saturated rings. The smallest absolute Gasteiger partial charge is 0.274 e. The van der Waals surface area contributed by atoms with Gasteiger partial charge in [0.1, 0.15) is 11.5 Å². The van der Waals surface area contributed by atoms with E-state index < -0.39 is 17.5 Å². The summed E-state index contributed by atoms with van der Waals surface area (Å²) in [6.45, 7) is 0.486. The largest absolute Gasteiger partial charge is 0.354 e. The van der Waals surface area contributed by atoms with Gasteiger partial charge in [0.2, 0.25) is 5.95 Å².